The van der Waals surface area contributed by atoms with E-state index in [1.54, 1.807) is 0 Å². The van der Waals surface area contributed by atoms with Crippen molar-refractivity contribution in [3.05, 3.63) is 0 Å². The third kappa shape index (κ3) is 1.83. The summed E-state index contributed by atoms with van der Waals surface area (Å²) in [6.45, 7) is 4.70. The van der Waals surface area contributed by atoms with Crippen molar-refractivity contribution in [2.75, 3.05) is 0 Å². The maximum absolute atomic E-state index is 13.8. The molecular formula is C19H29FO. The molecule has 0 aromatic heterocycles. The Kier molecular flexibility index (Phi) is 3.08. The number of carbonyl (C=O) groups is 1. The molecule has 4 rings (SSSR count). The van der Waals surface area contributed by atoms with E-state index in [2.05, 4.69) is 13.8 Å². The fourth-order valence-corrected chi connectivity index (χ4v) is 6.98. The summed E-state index contributed by atoms with van der Waals surface area (Å²) in [5.74, 6) is 3.26. The first-order chi connectivity index (χ1) is 9.95. The molecule has 0 amide bonds. The van der Waals surface area contributed by atoms with Gasteiger partial charge in [0.05, 0.1) is 0 Å². The van der Waals surface area contributed by atoms with E-state index in [1.807, 2.05) is 0 Å². The summed E-state index contributed by atoms with van der Waals surface area (Å²) in [5.41, 5.74) is 0.347. The van der Waals surface area contributed by atoms with Gasteiger partial charge in [0.25, 0.3) is 0 Å². The Balaban J connectivity index is 1.64. The lowest BCUT2D eigenvalue weighted by Crippen LogP contribution is -2.53. The Hall–Kier alpha value is -0.400. The number of ketones is 1. The summed E-state index contributed by atoms with van der Waals surface area (Å²) in [6.07, 6.45) is 8.83. The zero-order valence-electron chi connectivity index (χ0n) is 13.5. The summed E-state index contributed by atoms with van der Waals surface area (Å²) in [4.78, 5) is 12.4. The Bertz CT molecular complexity index is 460. The number of Topliss-reactive ketones (excluding diaryl/α,β-unsaturated/α-hetero) is 1. The van der Waals surface area contributed by atoms with Gasteiger partial charge in [0.2, 0.25) is 0 Å². The van der Waals surface area contributed by atoms with Crippen LogP contribution < -0.4 is 0 Å². The normalized spacial score (nSPS) is 56.5. The Morgan fingerprint density at radius 1 is 1.00 bits per heavy atom. The van der Waals surface area contributed by atoms with Gasteiger partial charge < -0.3 is 0 Å². The number of carbonyl (C=O) groups excluding carboxylic acids is 1. The Morgan fingerprint density at radius 3 is 2.62 bits per heavy atom. The second-order valence-electron chi connectivity index (χ2n) is 8.95. The molecule has 3 unspecified atom stereocenters. The van der Waals surface area contributed by atoms with Crippen LogP contribution in [-0.2, 0) is 4.79 Å². The lowest BCUT2D eigenvalue weighted by atomic mass is 9.45. The average molecular weight is 292 g/mol. The summed E-state index contributed by atoms with van der Waals surface area (Å²) in [7, 11) is 0. The van der Waals surface area contributed by atoms with Crippen LogP contribution in [0.4, 0.5) is 4.39 Å². The van der Waals surface area contributed by atoms with Gasteiger partial charge in [-0.1, -0.05) is 13.8 Å². The highest BCUT2D eigenvalue weighted by atomic mass is 19.1. The van der Waals surface area contributed by atoms with E-state index in [0.29, 0.717) is 23.0 Å². The molecule has 0 aromatic carbocycles. The van der Waals surface area contributed by atoms with Crippen LogP contribution in [0, 0.1) is 34.5 Å². The molecule has 1 nitrogen and oxygen atoms in total. The van der Waals surface area contributed by atoms with Crippen LogP contribution in [0.15, 0.2) is 0 Å². The van der Waals surface area contributed by atoms with E-state index in [0.717, 1.165) is 50.4 Å². The molecule has 21 heavy (non-hydrogen) atoms. The number of halogens is 1. The summed E-state index contributed by atoms with van der Waals surface area (Å²) >= 11 is 0. The summed E-state index contributed by atoms with van der Waals surface area (Å²) in [6, 6.07) is 0. The van der Waals surface area contributed by atoms with Gasteiger partial charge in [-0.25, -0.2) is 4.39 Å². The van der Waals surface area contributed by atoms with Crippen LogP contribution in [0.2, 0.25) is 0 Å². The number of hydrogen-bond donors (Lipinski definition) is 0. The lowest BCUT2D eigenvalue weighted by molar-refractivity contribution is -0.140. The van der Waals surface area contributed by atoms with Crippen LogP contribution in [0.25, 0.3) is 0 Å². The molecule has 0 aliphatic heterocycles. The van der Waals surface area contributed by atoms with E-state index in [-0.39, 0.29) is 5.41 Å². The molecule has 7 atom stereocenters. The van der Waals surface area contributed by atoms with E-state index in [4.69, 9.17) is 0 Å². The SMILES string of the molecule is C[C@]12CCC3C(CC[C@H]4C[C@@H](F)CC[C@]34C)C1CCC2=O. The number of alkyl halides is 1. The minimum Gasteiger partial charge on any atom is -0.299 e. The lowest BCUT2D eigenvalue weighted by Gasteiger charge is -2.59. The molecule has 0 bridgehead atoms. The molecular weight excluding hydrogens is 263 g/mol. The van der Waals surface area contributed by atoms with E-state index in [1.165, 1.54) is 19.3 Å². The third-order valence-electron chi connectivity index (χ3n) is 8.31. The predicted molar refractivity (Wildman–Crippen MR) is 81.6 cm³/mol. The highest BCUT2D eigenvalue weighted by molar-refractivity contribution is 5.87. The van der Waals surface area contributed by atoms with Gasteiger partial charge in [0.15, 0.2) is 0 Å². The molecule has 4 aliphatic rings. The minimum absolute atomic E-state index is 0.0122. The second-order valence-corrected chi connectivity index (χ2v) is 8.95. The van der Waals surface area contributed by atoms with Gasteiger partial charge in [-0.05, 0) is 80.5 Å². The maximum atomic E-state index is 13.8. The topological polar surface area (TPSA) is 17.1 Å². The van der Waals surface area contributed by atoms with Crippen molar-refractivity contribution in [2.24, 2.45) is 34.5 Å². The third-order valence-corrected chi connectivity index (χ3v) is 8.31. The van der Waals surface area contributed by atoms with Crippen molar-refractivity contribution in [1.82, 2.24) is 0 Å². The first-order valence-electron chi connectivity index (χ1n) is 9.12. The van der Waals surface area contributed by atoms with Crippen LogP contribution in [0.1, 0.15) is 71.6 Å². The Labute approximate surface area is 128 Å². The smallest absolute Gasteiger partial charge is 0.139 e. The highest BCUT2D eigenvalue weighted by Gasteiger charge is 2.60. The van der Waals surface area contributed by atoms with Gasteiger partial charge >= 0.3 is 0 Å². The van der Waals surface area contributed by atoms with Crippen LogP contribution in [0.5, 0.6) is 0 Å². The summed E-state index contributed by atoms with van der Waals surface area (Å²) < 4.78 is 13.8. The molecule has 118 valence electrons. The van der Waals surface area contributed by atoms with Gasteiger partial charge in [-0.3, -0.25) is 4.79 Å². The second kappa shape index (κ2) is 4.55. The monoisotopic (exact) mass is 292 g/mol. The van der Waals surface area contributed by atoms with Crippen LogP contribution in [-0.4, -0.2) is 12.0 Å². The molecule has 0 spiro atoms. The van der Waals surface area contributed by atoms with Crippen molar-refractivity contribution in [2.45, 2.75) is 77.8 Å². The Morgan fingerprint density at radius 2 is 1.81 bits per heavy atom. The van der Waals surface area contributed by atoms with Crippen molar-refractivity contribution in [3.63, 3.8) is 0 Å². The molecule has 0 radical (unpaired) electrons. The molecule has 0 saturated heterocycles. The molecule has 2 heteroatoms. The molecule has 4 aliphatic carbocycles. The highest BCUT2D eigenvalue weighted by Crippen LogP contribution is 2.65. The summed E-state index contributed by atoms with van der Waals surface area (Å²) in [5, 5.41) is 0. The van der Waals surface area contributed by atoms with Crippen LogP contribution in [0.3, 0.4) is 0 Å². The van der Waals surface area contributed by atoms with E-state index >= 15 is 0 Å². The number of fused-ring (bicyclic) bond motifs is 5. The molecule has 0 N–H and O–H groups in total. The van der Waals surface area contributed by atoms with Crippen molar-refractivity contribution < 1.29 is 9.18 Å². The first kappa shape index (κ1) is 14.2. The zero-order chi connectivity index (χ0) is 14.8. The standard InChI is InChI=1S/C19H29FO/c1-18-9-7-13(20)11-12(18)3-4-14-15-5-6-17(21)19(15,2)10-8-16(14)18/h12-16H,3-11H2,1-2H3/t12-,13-,14?,15?,16?,18-,19-/m0/s1. The zero-order valence-corrected chi connectivity index (χ0v) is 13.5. The van der Waals surface area contributed by atoms with Crippen molar-refractivity contribution >= 4 is 5.78 Å². The quantitative estimate of drug-likeness (QED) is 0.618. The average Bonchev–Trinajstić information content (AvgIpc) is 2.76. The van der Waals surface area contributed by atoms with Gasteiger partial charge in [0.1, 0.15) is 12.0 Å². The predicted octanol–water partition coefficient (Wildman–Crippen LogP) is 4.94. The van der Waals surface area contributed by atoms with Gasteiger partial charge in [-0.2, -0.15) is 0 Å². The van der Waals surface area contributed by atoms with Gasteiger partial charge in [0, 0.05) is 11.8 Å². The molecule has 0 heterocycles. The fraction of sp³-hybridized carbons (Fsp3) is 0.947. The largest absolute Gasteiger partial charge is 0.299 e. The van der Waals surface area contributed by atoms with Gasteiger partial charge in [-0.15, -0.1) is 0 Å². The number of rotatable bonds is 0. The van der Waals surface area contributed by atoms with E-state index < -0.39 is 6.17 Å². The molecule has 4 saturated carbocycles. The fourth-order valence-electron chi connectivity index (χ4n) is 6.98. The number of hydrogen-bond acceptors (Lipinski definition) is 1. The van der Waals surface area contributed by atoms with Crippen molar-refractivity contribution in [3.8, 4) is 0 Å². The van der Waals surface area contributed by atoms with Crippen LogP contribution >= 0.6 is 0 Å². The molecule has 0 aromatic rings. The minimum atomic E-state index is -0.554. The first-order valence-corrected chi connectivity index (χ1v) is 9.12. The van der Waals surface area contributed by atoms with Crippen molar-refractivity contribution in [1.29, 1.82) is 0 Å². The molecule has 4 fully saturated rings. The van der Waals surface area contributed by atoms with E-state index in [9.17, 15) is 9.18 Å². The maximum Gasteiger partial charge on any atom is 0.139 e.